The van der Waals surface area contributed by atoms with Crippen LogP contribution < -0.4 is 4.74 Å². The van der Waals surface area contributed by atoms with E-state index in [0.717, 1.165) is 44.6 Å². The Labute approximate surface area is 128 Å². The average molecular weight is 309 g/mol. The van der Waals surface area contributed by atoms with Crippen LogP contribution in [0.1, 0.15) is 25.7 Å². The summed E-state index contributed by atoms with van der Waals surface area (Å²) in [5.41, 5.74) is 0. The fraction of sp³-hybridized carbons (Fsp3) is 0.667. The molecule has 2 aliphatic heterocycles. The Morgan fingerprint density at radius 2 is 2.00 bits per heavy atom. The van der Waals surface area contributed by atoms with Crippen LogP contribution in [0.15, 0.2) is 12.4 Å². The van der Waals surface area contributed by atoms with Gasteiger partial charge in [0.05, 0.1) is 18.9 Å². The van der Waals surface area contributed by atoms with E-state index in [2.05, 4.69) is 9.97 Å². The number of piperidine rings is 1. The molecule has 2 aliphatic rings. The maximum atomic E-state index is 12.8. The van der Waals surface area contributed by atoms with Crippen LogP contribution in [0.3, 0.4) is 0 Å². The minimum atomic E-state index is -0.493. The third-order valence-electron chi connectivity index (χ3n) is 4.13. The molecule has 0 bridgehead atoms. The summed E-state index contributed by atoms with van der Waals surface area (Å²) in [6.45, 7) is 2.62. The van der Waals surface area contributed by atoms with E-state index in [1.165, 1.54) is 0 Å². The number of hydrogen-bond acceptors (Lipinski definition) is 5. The minimum Gasteiger partial charge on any atom is -0.458 e. The third kappa shape index (κ3) is 3.71. The Morgan fingerprint density at radius 1 is 1.27 bits per heavy atom. The molecule has 1 aromatic rings. The second-order valence-electron chi connectivity index (χ2n) is 5.74. The molecule has 2 fully saturated rings. The fourth-order valence-corrected chi connectivity index (χ4v) is 2.95. The Bertz CT molecular complexity index is 505. The maximum Gasteiger partial charge on any atom is 0.316 e. The summed E-state index contributed by atoms with van der Waals surface area (Å²) in [5.74, 6) is -0.237. The largest absolute Gasteiger partial charge is 0.458 e. The van der Waals surface area contributed by atoms with Crippen molar-refractivity contribution in [2.75, 3.05) is 26.3 Å². The van der Waals surface area contributed by atoms with E-state index >= 15 is 0 Å². The fourth-order valence-electron chi connectivity index (χ4n) is 2.95. The van der Waals surface area contributed by atoms with E-state index < -0.39 is 5.82 Å². The van der Waals surface area contributed by atoms with Crippen LogP contribution in [0.25, 0.3) is 0 Å². The molecule has 2 saturated heterocycles. The van der Waals surface area contributed by atoms with Crippen LogP contribution in [0.2, 0.25) is 0 Å². The Morgan fingerprint density at radius 3 is 2.73 bits per heavy atom. The highest BCUT2D eigenvalue weighted by Gasteiger charge is 2.31. The third-order valence-corrected chi connectivity index (χ3v) is 4.13. The smallest absolute Gasteiger partial charge is 0.316 e. The SMILES string of the molecule is O=C(C1CCOCC1)N1CCCC(Oc2ncc(F)cn2)C1. The van der Waals surface area contributed by atoms with Crippen LogP contribution >= 0.6 is 0 Å². The zero-order chi connectivity index (χ0) is 15.4. The van der Waals surface area contributed by atoms with Crippen molar-refractivity contribution in [2.24, 2.45) is 5.92 Å². The molecule has 22 heavy (non-hydrogen) atoms. The molecule has 120 valence electrons. The van der Waals surface area contributed by atoms with Crippen LogP contribution in [0.5, 0.6) is 6.01 Å². The first-order valence-corrected chi connectivity index (χ1v) is 7.73. The molecule has 0 spiro atoms. The number of halogens is 1. The van der Waals surface area contributed by atoms with Gasteiger partial charge in [-0.05, 0) is 25.7 Å². The van der Waals surface area contributed by atoms with Crippen molar-refractivity contribution in [1.29, 1.82) is 0 Å². The highest BCUT2D eigenvalue weighted by Crippen LogP contribution is 2.22. The number of likely N-dealkylation sites (tertiary alicyclic amines) is 1. The normalized spacial score (nSPS) is 23.3. The summed E-state index contributed by atoms with van der Waals surface area (Å²) in [7, 11) is 0. The van der Waals surface area contributed by atoms with Gasteiger partial charge in [0.1, 0.15) is 6.10 Å². The second-order valence-corrected chi connectivity index (χ2v) is 5.74. The topological polar surface area (TPSA) is 64.5 Å². The number of carbonyl (C=O) groups is 1. The van der Waals surface area contributed by atoms with Gasteiger partial charge in [0, 0.05) is 25.7 Å². The van der Waals surface area contributed by atoms with Crippen molar-refractivity contribution < 1.29 is 18.7 Å². The molecule has 3 heterocycles. The van der Waals surface area contributed by atoms with Gasteiger partial charge in [-0.3, -0.25) is 4.79 Å². The lowest BCUT2D eigenvalue weighted by atomic mass is 9.97. The van der Waals surface area contributed by atoms with Crippen molar-refractivity contribution in [1.82, 2.24) is 14.9 Å². The molecule has 7 heteroatoms. The highest BCUT2D eigenvalue weighted by molar-refractivity contribution is 5.79. The van der Waals surface area contributed by atoms with E-state index in [9.17, 15) is 9.18 Å². The first kappa shape index (κ1) is 15.1. The lowest BCUT2D eigenvalue weighted by Gasteiger charge is -2.35. The number of rotatable bonds is 3. The first-order valence-electron chi connectivity index (χ1n) is 7.73. The molecular formula is C15H20FN3O3. The maximum absolute atomic E-state index is 12.8. The summed E-state index contributed by atoms with van der Waals surface area (Å²) >= 11 is 0. The van der Waals surface area contributed by atoms with Gasteiger partial charge >= 0.3 is 6.01 Å². The molecule has 0 aromatic carbocycles. The molecule has 0 saturated carbocycles. The number of aromatic nitrogens is 2. The number of amides is 1. The monoisotopic (exact) mass is 309 g/mol. The molecule has 1 atom stereocenters. The van der Waals surface area contributed by atoms with Gasteiger partial charge < -0.3 is 14.4 Å². The Kier molecular flexibility index (Phi) is 4.82. The lowest BCUT2D eigenvalue weighted by molar-refractivity contribution is -0.141. The standard InChI is InChI=1S/C15H20FN3O3/c16-12-8-17-15(18-9-12)22-13-2-1-5-19(10-13)14(20)11-3-6-21-7-4-11/h8-9,11,13H,1-7,10H2. The molecular weight excluding hydrogens is 289 g/mol. The van der Waals surface area contributed by atoms with Crippen molar-refractivity contribution >= 4 is 5.91 Å². The molecule has 1 aromatic heterocycles. The Hall–Kier alpha value is -1.76. The van der Waals surface area contributed by atoms with Gasteiger partial charge in [-0.2, -0.15) is 0 Å². The second kappa shape index (κ2) is 7.00. The van der Waals surface area contributed by atoms with E-state index in [1.807, 2.05) is 4.90 Å². The van der Waals surface area contributed by atoms with E-state index in [0.29, 0.717) is 19.8 Å². The van der Waals surface area contributed by atoms with Crippen LogP contribution in [0.4, 0.5) is 4.39 Å². The van der Waals surface area contributed by atoms with Crippen LogP contribution in [-0.4, -0.2) is 53.2 Å². The number of ether oxygens (including phenoxy) is 2. The molecule has 1 unspecified atom stereocenters. The van der Waals surface area contributed by atoms with Crippen molar-refractivity contribution in [3.8, 4) is 6.01 Å². The van der Waals surface area contributed by atoms with Crippen molar-refractivity contribution in [3.05, 3.63) is 18.2 Å². The zero-order valence-electron chi connectivity index (χ0n) is 12.4. The van der Waals surface area contributed by atoms with Crippen LogP contribution in [-0.2, 0) is 9.53 Å². The van der Waals surface area contributed by atoms with Crippen molar-refractivity contribution in [3.63, 3.8) is 0 Å². The summed E-state index contributed by atoms with van der Waals surface area (Å²) in [4.78, 5) is 22.0. The van der Waals surface area contributed by atoms with E-state index in [1.54, 1.807) is 0 Å². The molecule has 6 nitrogen and oxygen atoms in total. The lowest BCUT2D eigenvalue weighted by Crippen LogP contribution is -2.47. The molecule has 0 aliphatic carbocycles. The molecule has 0 N–H and O–H groups in total. The predicted octanol–water partition coefficient (Wildman–Crippen LogP) is 1.41. The van der Waals surface area contributed by atoms with Crippen LogP contribution in [0, 0.1) is 11.7 Å². The van der Waals surface area contributed by atoms with Gasteiger partial charge in [-0.15, -0.1) is 0 Å². The van der Waals surface area contributed by atoms with Crippen molar-refractivity contribution in [2.45, 2.75) is 31.8 Å². The number of nitrogens with zero attached hydrogens (tertiary/aromatic N) is 3. The zero-order valence-corrected chi connectivity index (χ0v) is 12.4. The molecule has 1 amide bonds. The molecule has 0 radical (unpaired) electrons. The number of hydrogen-bond donors (Lipinski definition) is 0. The Balaban J connectivity index is 1.56. The number of carbonyl (C=O) groups excluding carboxylic acids is 1. The average Bonchev–Trinajstić information content (AvgIpc) is 2.57. The first-order chi connectivity index (χ1) is 10.7. The summed E-state index contributed by atoms with van der Waals surface area (Å²) in [6.07, 6.45) is 5.35. The van der Waals surface area contributed by atoms with Gasteiger partial charge in [-0.1, -0.05) is 0 Å². The summed E-state index contributed by atoms with van der Waals surface area (Å²) in [5, 5.41) is 0. The predicted molar refractivity (Wildman–Crippen MR) is 75.8 cm³/mol. The van der Waals surface area contributed by atoms with Gasteiger partial charge in [-0.25, -0.2) is 14.4 Å². The van der Waals surface area contributed by atoms with Gasteiger partial charge in [0.15, 0.2) is 5.82 Å². The summed E-state index contributed by atoms with van der Waals surface area (Å²) < 4.78 is 23.8. The van der Waals surface area contributed by atoms with Gasteiger partial charge in [0.25, 0.3) is 0 Å². The van der Waals surface area contributed by atoms with E-state index in [-0.39, 0.29) is 23.9 Å². The molecule has 3 rings (SSSR count). The minimum absolute atomic E-state index is 0.0644. The summed E-state index contributed by atoms with van der Waals surface area (Å²) in [6, 6.07) is 0.159. The quantitative estimate of drug-likeness (QED) is 0.845. The van der Waals surface area contributed by atoms with Gasteiger partial charge in [0.2, 0.25) is 5.91 Å². The highest BCUT2D eigenvalue weighted by atomic mass is 19.1. The van der Waals surface area contributed by atoms with E-state index in [4.69, 9.17) is 9.47 Å².